The van der Waals surface area contributed by atoms with Crippen LogP contribution in [-0.4, -0.2) is 98.6 Å². The molecule has 5 aliphatic heterocycles. The van der Waals surface area contributed by atoms with Crippen LogP contribution in [0.4, 0.5) is 10.1 Å². The standard InChI is InChI=1S/C38H49ClFN5O5S/c1-24-9-11-32(40)35(37(47)43-17-16-42(4)25(2)21-43)45-15-7-13-38(45)23-44-14-6-5-8-27-18-29(39)20-31(38)30(27)22-50-34-12-10-28(19-33(34)44)36(46)41-51(48,49)26(24)3/h10-12,18-20,24-26,35H,5-9,13-17,21-23H2,1-4H3,(H,41,46)/b32-11-/t24-,25-,26+,35+,38-/m0/s1. The van der Waals surface area contributed by atoms with Gasteiger partial charge < -0.3 is 19.4 Å². The number of rotatable bonds is 1. The average Bonchev–Trinajstić information content (AvgIpc) is 3.51. The van der Waals surface area contributed by atoms with Crippen LogP contribution in [0.1, 0.15) is 79.9 Å². The fourth-order valence-corrected chi connectivity index (χ4v) is 10.3. The quantitative estimate of drug-likeness (QED) is 0.424. The van der Waals surface area contributed by atoms with Crippen LogP contribution in [0.15, 0.2) is 42.2 Å². The molecule has 0 aliphatic carbocycles. The van der Waals surface area contributed by atoms with Gasteiger partial charge in [-0.1, -0.05) is 24.6 Å². The van der Waals surface area contributed by atoms with Crippen molar-refractivity contribution in [1.29, 1.82) is 0 Å². The maximum Gasteiger partial charge on any atom is 0.264 e. The van der Waals surface area contributed by atoms with Gasteiger partial charge in [-0.3, -0.25) is 14.5 Å². The van der Waals surface area contributed by atoms with E-state index < -0.39 is 44.5 Å². The van der Waals surface area contributed by atoms with Crippen LogP contribution in [0.2, 0.25) is 5.02 Å². The number of hydrogen-bond donors (Lipinski definition) is 1. The lowest BCUT2D eigenvalue weighted by Gasteiger charge is -2.48. The van der Waals surface area contributed by atoms with E-state index in [4.69, 9.17) is 16.3 Å². The molecule has 0 aromatic heterocycles. The zero-order valence-electron chi connectivity index (χ0n) is 30.0. The number of fused-ring (bicyclic) bond motifs is 1. The summed E-state index contributed by atoms with van der Waals surface area (Å²) in [7, 11) is -2.09. The normalized spacial score (nSPS) is 31.3. The Labute approximate surface area is 306 Å². The van der Waals surface area contributed by atoms with Crippen LogP contribution in [-0.2, 0) is 33.4 Å². The SMILES string of the molecule is C[C@@H]1[C@@H](C)C/C=C(\F)[C@H](C(=O)N2CCN(C)[C@@H](C)C2)N2CCC[C@@]23CN2CCCCc4cc(Cl)cc3c4COc3ccc(cc32)C(=O)NS1(=O)=O. The Morgan fingerprint density at radius 2 is 1.86 bits per heavy atom. The fraction of sp³-hybridized carbons (Fsp3) is 0.579. The van der Waals surface area contributed by atoms with Gasteiger partial charge in [0.2, 0.25) is 15.9 Å². The van der Waals surface area contributed by atoms with Crippen molar-refractivity contribution in [2.45, 2.75) is 88.8 Å². The van der Waals surface area contributed by atoms with E-state index in [9.17, 15) is 18.0 Å². The summed E-state index contributed by atoms with van der Waals surface area (Å²) in [6, 6.07) is 7.94. The van der Waals surface area contributed by atoms with E-state index >= 15 is 4.39 Å². The summed E-state index contributed by atoms with van der Waals surface area (Å²) in [6.45, 7) is 8.68. The van der Waals surface area contributed by atoms with E-state index in [0.717, 1.165) is 42.4 Å². The maximum atomic E-state index is 17.3. The van der Waals surface area contributed by atoms with Gasteiger partial charge in [-0.05, 0) is 112 Å². The van der Waals surface area contributed by atoms with Gasteiger partial charge in [-0.25, -0.2) is 17.5 Å². The van der Waals surface area contributed by atoms with Gasteiger partial charge in [0.05, 0.1) is 16.5 Å². The number of piperazine rings is 1. The summed E-state index contributed by atoms with van der Waals surface area (Å²) in [4.78, 5) is 36.7. The molecular formula is C38H49ClFN5O5S. The van der Waals surface area contributed by atoms with Crippen molar-refractivity contribution >= 4 is 39.1 Å². The molecule has 13 heteroatoms. The highest BCUT2D eigenvalue weighted by Gasteiger charge is 2.52. The summed E-state index contributed by atoms with van der Waals surface area (Å²) in [6.07, 6.45) is 5.36. The maximum absolute atomic E-state index is 17.3. The van der Waals surface area contributed by atoms with E-state index in [1.165, 1.54) is 13.0 Å². The Hall–Kier alpha value is -3.19. The number of aryl methyl sites for hydroxylation is 1. The number of ether oxygens (including phenoxy) is 1. The first-order valence-electron chi connectivity index (χ1n) is 18.3. The van der Waals surface area contributed by atoms with Gasteiger partial charge in [0.15, 0.2) is 0 Å². The second-order valence-electron chi connectivity index (χ2n) is 15.3. The molecule has 2 aromatic carbocycles. The number of carbonyl (C=O) groups is 2. The van der Waals surface area contributed by atoms with E-state index in [-0.39, 0.29) is 30.5 Å². The smallest absolute Gasteiger partial charge is 0.264 e. The number of allylic oxidation sites excluding steroid dienone is 1. The molecule has 5 atom stereocenters. The molecule has 2 saturated heterocycles. The number of hydrogen-bond acceptors (Lipinski definition) is 8. The molecule has 276 valence electrons. The molecule has 0 radical (unpaired) electrons. The number of anilines is 1. The minimum Gasteiger partial charge on any atom is -0.487 e. The third-order valence-electron chi connectivity index (χ3n) is 12.1. The van der Waals surface area contributed by atoms with Crippen molar-refractivity contribution in [1.82, 2.24) is 19.4 Å². The zero-order chi connectivity index (χ0) is 36.2. The number of carbonyl (C=O) groups excluding carboxylic acids is 2. The van der Waals surface area contributed by atoms with E-state index in [0.29, 0.717) is 62.1 Å². The van der Waals surface area contributed by atoms with Crippen molar-refractivity contribution in [3.63, 3.8) is 0 Å². The Bertz CT molecular complexity index is 1860. The summed E-state index contributed by atoms with van der Waals surface area (Å²) in [5.74, 6) is -1.58. The highest BCUT2D eigenvalue weighted by Crippen LogP contribution is 2.49. The Kier molecular flexibility index (Phi) is 9.92. The third kappa shape index (κ3) is 6.66. The zero-order valence-corrected chi connectivity index (χ0v) is 31.5. The number of likely N-dealkylation sites (N-methyl/N-ethyl adjacent to an activating group) is 1. The minimum atomic E-state index is -4.13. The lowest BCUT2D eigenvalue weighted by molar-refractivity contribution is -0.140. The first kappa shape index (κ1) is 36.2. The molecule has 2 fully saturated rings. The summed E-state index contributed by atoms with van der Waals surface area (Å²) < 4.78 is 53.1. The molecule has 0 saturated carbocycles. The van der Waals surface area contributed by atoms with E-state index in [2.05, 4.69) is 26.3 Å². The van der Waals surface area contributed by atoms with Gasteiger partial charge in [0.1, 0.15) is 24.2 Å². The van der Waals surface area contributed by atoms with Crippen molar-refractivity contribution in [2.24, 2.45) is 5.92 Å². The molecule has 10 nitrogen and oxygen atoms in total. The van der Waals surface area contributed by atoms with Crippen molar-refractivity contribution < 1.29 is 27.1 Å². The molecule has 5 heterocycles. The Balaban J connectivity index is 1.48. The molecule has 2 amide bonds. The van der Waals surface area contributed by atoms with Crippen LogP contribution in [0.25, 0.3) is 0 Å². The lowest BCUT2D eigenvalue weighted by Crippen LogP contribution is -2.61. The topological polar surface area (TPSA) is 102 Å². The molecule has 1 spiro atoms. The van der Waals surface area contributed by atoms with Crippen LogP contribution < -0.4 is 14.4 Å². The second kappa shape index (κ2) is 14.0. The third-order valence-corrected chi connectivity index (χ3v) is 14.3. The van der Waals surface area contributed by atoms with Gasteiger partial charge in [-0.2, -0.15) is 0 Å². The average molecular weight is 742 g/mol. The van der Waals surface area contributed by atoms with E-state index in [1.807, 2.05) is 19.2 Å². The monoisotopic (exact) mass is 741 g/mol. The predicted octanol–water partition coefficient (Wildman–Crippen LogP) is 5.24. The van der Waals surface area contributed by atoms with Crippen molar-refractivity contribution in [3.8, 4) is 5.75 Å². The number of sulfonamides is 1. The Morgan fingerprint density at radius 3 is 2.65 bits per heavy atom. The largest absolute Gasteiger partial charge is 0.487 e. The molecule has 2 aromatic rings. The highest BCUT2D eigenvalue weighted by atomic mass is 35.5. The number of benzene rings is 2. The molecule has 7 bridgehead atoms. The first-order valence-corrected chi connectivity index (χ1v) is 20.2. The van der Waals surface area contributed by atoms with Gasteiger partial charge >= 0.3 is 0 Å². The number of amides is 2. The van der Waals surface area contributed by atoms with Gasteiger partial charge in [-0.15, -0.1) is 0 Å². The predicted molar refractivity (Wildman–Crippen MR) is 196 cm³/mol. The van der Waals surface area contributed by atoms with Crippen LogP contribution in [0.3, 0.4) is 0 Å². The van der Waals surface area contributed by atoms with Crippen LogP contribution in [0, 0.1) is 5.92 Å². The molecule has 51 heavy (non-hydrogen) atoms. The summed E-state index contributed by atoms with van der Waals surface area (Å²) in [5, 5.41) is -0.418. The first-order chi connectivity index (χ1) is 24.3. The molecule has 7 rings (SSSR count). The van der Waals surface area contributed by atoms with Gasteiger partial charge in [0.25, 0.3) is 5.91 Å². The molecule has 0 unspecified atom stereocenters. The fourth-order valence-electron chi connectivity index (χ4n) is 8.73. The molecule has 5 aliphatic rings. The van der Waals surface area contributed by atoms with Crippen LogP contribution in [0.5, 0.6) is 5.75 Å². The summed E-state index contributed by atoms with van der Waals surface area (Å²) in [5.41, 5.74) is 3.06. The Morgan fingerprint density at radius 1 is 1.06 bits per heavy atom. The molecular weight excluding hydrogens is 693 g/mol. The van der Waals surface area contributed by atoms with E-state index in [1.54, 1.807) is 30.0 Å². The highest BCUT2D eigenvalue weighted by molar-refractivity contribution is 7.90. The van der Waals surface area contributed by atoms with Crippen molar-refractivity contribution in [3.05, 3.63) is 69.5 Å². The number of nitrogens with zero attached hydrogens (tertiary/aromatic N) is 4. The summed E-state index contributed by atoms with van der Waals surface area (Å²) >= 11 is 6.93. The number of halogens is 2. The number of nitrogens with one attached hydrogen (secondary N) is 1. The lowest BCUT2D eigenvalue weighted by atomic mass is 9.79. The van der Waals surface area contributed by atoms with Gasteiger partial charge in [0, 0.05) is 55.9 Å². The minimum absolute atomic E-state index is 0.0667. The second-order valence-corrected chi connectivity index (χ2v) is 17.7. The van der Waals surface area contributed by atoms with Crippen LogP contribution >= 0.6 is 11.6 Å². The van der Waals surface area contributed by atoms with Crippen molar-refractivity contribution in [2.75, 3.05) is 51.2 Å². The molecule has 1 N–H and O–H groups in total.